The molecule has 0 amide bonds. The van der Waals surface area contributed by atoms with Gasteiger partial charge >= 0.3 is 0 Å². The van der Waals surface area contributed by atoms with Crippen LogP contribution in [0, 0.1) is 10.1 Å². The van der Waals surface area contributed by atoms with Gasteiger partial charge in [-0.3, -0.25) is 10.1 Å². The lowest BCUT2D eigenvalue weighted by atomic mass is 10.2. The van der Waals surface area contributed by atoms with Gasteiger partial charge in [0.05, 0.1) is 15.1 Å². The number of anilines is 2. The average Bonchev–Trinajstić information content (AvgIpc) is 3.21. The van der Waals surface area contributed by atoms with E-state index in [1.165, 1.54) is 34.8 Å². The molecule has 124 valence electrons. The normalized spacial score (nSPS) is 10.9. The second-order valence-corrected chi connectivity index (χ2v) is 7.42. The summed E-state index contributed by atoms with van der Waals surface area (Å²) in [6.07, 6.45) is 0. The highest BCUT2D eigenvalue weighted by atomic mass is 35.5. The number of benzene rings is 2. The molecule has 7 nitrogen and oxygen atoms in total. The number of nitro benzene ring substituents is 1. The zero-order chi connectivity index (χ0) is 17.4. The summed E-state index contributed by atoms with van der Waals surface area (Å²) in [5.41, 5.74) is 1.67. The van der Waals surface area contributed by atoms with E-state index in [1.807, 2.05) is 12.1 Å². The molecule has 0 unspecified atom stereocenters. The highest BCUT2D eigenvalue weighted by molar-refractivity contribution is 7.23. The van der Waals surface area contributed by atoms with Crippen molar-refractivity contribution in [2.75, 3.05) is 5.32 Å². The smallest absolute Gasteiger partial charge is 0.269 e. The summed E-state index contributed by atoms with van der Waals surface area (Å²) in [4.78, 5) is 14.7. The van der Waals surface area contributed by atoms with Crippen LogP contribution in [0.3, 0.4) is 0 Å². The number of aromatic nitrogens is 3. The predicted molar refractivity (Wildman–Crippen MR) is 99.9 cm³/mol. The van der Waals surface area contributed by atoms with Crippen LogP contribution >= 0.6 is 34.3 Å². The maximum atomic E-state index is 10.7. The molecular formula is C15H8ClN5O2S2. The lowest BCUT2D eigenvalue weighted by Crippen LogP contribution is -1.87. The summed E-state index contributed by atoms with van der Waals surface area (Å²) < 4.78 is 0.982. The van der Waals surface area contributed by atoms with E-state index in [4.69, 9.17) is 11.6 Å². The number of fused-ring (bicyclic) bond motifs is 1. The van der Waals surface area contributed by atoms with Crippen molar-refractivity contribution in [2.24, 2.45) is 0 Å². The fourth-order valence-electron chi connectivity index (χ4n) is 2.16. The molecule has 0 saturated heterocycles. The van der Waals surface area contributed by atoms with E-state index in [2.05, 4.69) is 20.5 Å². The van der Waals surface area contributed by atoms with Crippen LogP contribution in [0.5, 0.6) is 0 Å². The SMILES string of the molecule is O=[N+]([O-])c1ccc(-c2nnc(Nc3nc4ccc(Cl)cc4s3)s2)cc1. The second kappa shape index (κ2) is 6.36. The highest BCUT2D eigenvalue weighted by Crippen LogP contribution is 2.33. The Balaban J connectivity index is 1.56. The van der Waals surface area contributed by atoms with Crippen LogP contribution in [0.2, 0.25) is 5.02 Å². The maximum absolute atomic E-state index is 10.7. The van der Waals surface area contributed by atoms with Crippen molar-refractivity contribution in [3.63, 3.8) is 0 Å². The van der Waals surface area contributed by atoms with Crippen molar-refractivity contribution in [1.29, 1.82) is 0 Å². The first kappa shape index (κ1) is 15.9. The van der Waals surface area contributed by atoms with E-state index < -0.39 is 4.92 Å². The molecule has 0 saturated carbocycles. The number of nitrogens with zero attached hydrogens (tertiary/aromatic N) is 4. The Morgan fingerprint density at radius 1 is 1.04 bits per heavy atom. The van der Waals surface area contributed by atoms with Gasteiger partial charge in [-0.05, 0) is 30.3 Å². The second-order valence-electron chi connectivity index (χ2n) is 4.97. The third kappa shape index (κ3) is 3.29. The number of halogens is 1. The fraction of sp³-hybridized carbons (Fsp3) is 0. The van der Waals surface area contributed by atoms with Crippen molar-refractivity contribution in [2.45, 2.75) is 0 Å². The largest absolute Gasteiger partial charge is 0.306 e. The number of nitro groups is 1. The van der Waals surface area contributed by atoms with Crippen molar-refractivity contribution in [3.8, 4) is 10.6 Å². The van der Waals surface area contributed by atoms with E-state index in [0.717, 1.165) is 15.8 Å². The van der Waals surface area contributed by atoms with Gasteiger partial charge in [-0.1, -0.05) is 34.3 Å². The summed E-state index contributed by atoms with van der Waals surface area (Å²) in [7, 11) is 0. The molecule has 1 N–H and O–H groups in total. The lowest BCUT2D eigenvalue weighted by Gasteiger charge is -1.95. The van der Waals surface area contributed by atoms with Crippen molar-refractivity contribution < 1.29 is 4.92 Å². The average molecular weight is 390 g/mol. The van der Waals surface area contributed by atoms with Crippen LogP contribution in [-0.4, -0.2) is 20.1 Å². The zero-order valence-electron chi connectivity index (χ0n) is 12.3. The Hall–Kier alpha value is -2.62. The maximum Gasteiger partial charge on any atom is 0.269 e. The van der Waals surface area contributed by atoms with Gasteiger partial charge in [0.15, 0.2) is 5.13 Å². The number of nitrogens with one attached hydrogen (secondary N) is 1. The Kier molecular flexibility index (Phi) is 4.04. The van der Waals surface area contributed by atoms with Crippen molar-refractivity contribution >= 4 is 60.4 Å². The van der Waals surface area contributed by atoms with E-state index >= 15 is 0 Å². The Morgan fingerprint density at radius 3 is 2.60 bits per heavy atom. The standard InChI is InChI=1S/C15H8ClN5O2S2/c16-9-3-6-11-12(7-9)24-14(17-11)18-15-20-19-13(25-15)8-1-4-10(5-2-8)21(22)23/h1-7H,(H,17,18,20). The van der Waals surface area contributed by atoms with E-state index in [-0.39, 0.29) is 5.69 Å². The third-order valence-corrected chi connectivity index (χ3v) is 5.37. The van der Waals surface area contributed by atoms with Gasteiger partial charge in [-0.25, -0.2) is 4.98 Å². The zero-order valence-corrected chi connectivity index (χ0v) is 14.7. The molecule has 0 aliphatic heterocycles. The molecule has 2 aromatic carbocycles. The van der Waals surface area contributed by atoms with Crippen molar-refractivity contribution in [3.05, 3.63) is 57.6 Å². The minimum Gasteiger partial charge on any atom is -0.306 e. The molecule has 2 aromatic heterocycles. The van der Waals surface area contributed by atoms with Gasteiger partial charge in [0.1, 0.15) is 5.01 Å². The van der Waals surface area contributed by atoms with Gasteiger partial charge in [-0.2, -0.15) is 0 Å². The van der Waals surface area contributed by atoms with Crippen LogP contribution in [0.1, 0.15) is 0 Å². The van der Waals surface area contributed by atoms with E-state index in [0.29, 0.717) is 20.3 Å². The summed E-state index contributed by atoms with van der Waals surface area (Å²) in [5.74, 6) is 0. The van der Waals surface area contributed by atoms with Gasteiger partial charge in [0.25, 0.3) is 5.69 Å². The van der Waals surface area contributed by atoms with Gasteiger partial charge in [-0.15, -0.1) is 10.2 Å². The third-order valence-electron chi connectivity index (χ3n) is 3.31. The Bertz CT molecular complexity index is 1080. The number of non-ortho nitro benzene ring substituents is 1. The van der Waals surface area contributed by atoms with Crippen LogP contribution in [0.25, 0.3) is 20.8 Å². The molecule has 0 bridgehead atoms. The van der Waals surface area contributed by atoms with Crippen LogP contribution in [0.4, 0.5) is 16.0 Å². The first-order valence-corrected chi connectivity index (χ1v) is 9.01. The molecule has 0 atom stereocenters. The first-order chi connectivity index (χ1) is 12.1. The van der Waals surface area contributed by atoms with Crippen molar-refractivity contribution in [1.82, 2.24) is 15.2 Å². The molecule has 10 heteroatoms. The van der Waals surface area contributed by atoms with Crippen LogP contribution < -0.4 is 5.32 Å². The summed E-state index contributed by atoms with van der Waals surface area (Å²) >= 11 is 8.81. The van der Waals surface area contributed by atoms with Crippen LogP contribution in [0.15, 0.2) is 42.5 Å². The molecule has 0 spiro atoms. The van der Waals surface area contributed by atoms with Gasteiger partial charge in [0, 0.05) is 22.7 Å². The fourth-order valence-corrected chi connectivity index (χ4v) is 4.11. The van der Waals surface area contributed by atoms with E-state index in [9.17, 15) is 10.1 Å². The highest BCUT2D eigenvalue weighted by Gasteiger charge is 2.11. The molecule has 25 heavy (non-hydrogen) atoms. The minimum atomic E-state index is -0.434. The Morgan fingerprint density at radius 2 is 1.84 bits per heavy atom. The minimum absolute atomic E-state index is 0.0414. The molecule has 0 aliphatic carbocycles. The van der Waals surface area contributed by atoms with Gasteiger partial charge in [0.2, 0.25) is 5.13 Å². The number of rotatable bonds is 4. The van der Waals surface area contributed by atoms with Gasteiger partial charge < -0.3 is 5.32 Å². The topological polar surface area (TPSA) is 93.8 Å². The molecular weight excluding hydrogens is 382 g/mol. The molecule has 0 radical (unpaired) electrons. The monoisotopic (exact) mass is 389 g/mol. The number of thiazole rings is 1. The summed E-state index contributed by atoms with van der Waals surface area (Å²) in [6.45, 7) is 0. The summed E-state index contributed by atoms with van der Waals surface area (Å²) in [5, 5.41) is 24.7. The molecule has 0 aliphatic rings. The summed E-state index contributed by atoms with van der Waals surface area (Å²) in [6, 6.07) is 11.7. The first-order valence-electron chi connectivity index (χ1n) is 7.00. The van der Waals surface area contributed by atoms with Crippen LogP contribution in [-0.2, 0) is 0 Å². The molecule has 4 aromatic rings. The number of hydrogen-bond donors (Lipinski definition) is 1. The Labute approximate surface area is 154 Å². The molecule has 2 heterocycles. The predicted octanol–water partition coefficient (Wildman–Crippen LogP) is 5.12. The number of hydrogen-bond acceptors (Lipinski definition) is 8. The molecule has 4 rings (SSSR count). The quantitative estimate of drug-likeness (QED) is 0.384. The molecule has 0 fully saturated rings. The van der Waals surface area contributed by atoms with E-state index in [1.54, 1.807) is 18.2 Å². The lowest BCUT2D eigenvalue weighted by molar-refractivity contribution is -0.384.